The van der Waals surface area contributed by atoms with Gasteiger partial charge in [-0.2, -0.15) is 41.0 Å². The molecule has 0 amide bonds. The minimum atomic E-state index is -1.14. The van der Waals surface area contributed by atoms with Crippen LogP contribution in [0, 0.1) is 6.07 Å². The van der Waals surface area contributed by atoms with Crippen molar-refractivity contribution >= 4 is 22.5 Å². The molecule has 0 spiro atoms. The molecular formula is C27H33N4NaO2S. The van der Waals surface area contributed by atoms with Gasteiger partial charge in [0.25, 0.3) is 0 Å². The van der Waals surface area contributed by atoms with E-state index in [-0.39, 0.29) is 41.2 Å². The number of H-pyrrole nitrogens is 1. The summed E-state index contributed by atoms with van der Waals surface area (Å²) >= 11 is 0. The second-order valence-corrected chi connectivity index (χ2v) is 10.4. The summed E-state index contributed by atoms with van der Waals surface area (Å²) in [5.74, 6) is 1.23. The van der Waals surface area contributed by atoms with Gasteiger partial charge in [0.1, 0.15) is 11.0 Å². The summed E-state index contributed by atoms with van der Waals surface area (Å²) in [7, 11) is -1.14. The summed E-state index contributed by atoms with van der Waals surface area (Å²) < 4.78 is 20.7. The Bertz CT molecular complexity index is 1150. The minimum absolute atomic E-state index is 0. The Labute approximate surface area is 233 Å². The van der Waals surface area contributed by atoms with E-state index in [1.54, 1.807) is 0 Å². The number of nitrogens with one attached hydrogen (secondary N) is 3. The van der Waals surface area contributed by atoms with E-state index >= 15 is 0 Å². The van der Waals surface area contributed by atoms with Gasteiger partial charge in [0, 0.05) is 23.4 Å². The first-order chi connectivity index (χ1) is 16.4. The molecule has 2 heterocycles. The fourth-order valence-corrected chi connectivity index (χ4v) is 5.89. The van der Waals surface area contributed by atoms with Crippen molar-refractivity contribution in [1.82, 2.24) is 14.9 Å². The molecule has 3 aromatic rings. The van der Waals surface area contributed by atoms with Gasteiger partial charge in [-0.25, -0.2) is 8.93 Å². The van der Waals surface area contributed by atoms with E-state index in [0.29, 0.717) is 5.92 Å². The zero-order valence-electron chi connectivity index (χ0n) is 21.1. The van der Waals surface area contributed by atoms with Crippen LogP contribution in [0.15, 0.2) is 66.3 Å². The van der Waals surface area contributed by atoms with Gasteiger partial charge in [-0.3, -0.25) is 5.10 Å². The van der Waals surface area contributed by atoms with Gasteiger partial charge in [-0.15, -0.1) is 0 Å². The summed E-state index contributed by atoms with van der Waals surface area (Å²) in [4.78, 5) is 0.850. The molecule has 5 rings (SSSR count). The van der Waals surface area contributed by atoms with Crippen molar-refractivity contribution in [1.29, 1.82) is 0 Å². The molecule has 3 N–H and O–H groups in total. The molecule has 3 unspecified atom stereocenters. The molecule has 1 fully saturated rings. The Morgan fingerprint density at radius 3 is 2.71 bits per heavy atom. The van der Waals surface area contributed by atoms with Crippen LogP contribution in [0.3, 0.4) is 0 Å². The van der Waals surface area contributed by atoms with E-state index in [1.807, 2.05) is 44.2 Å². The van der Waals surface area contributed by atoms with E-state index in [1.165, 1.54) is 11.8 Å². The van der Waals surface area contributed by atoms with E-state index in [4.69, 9.17) is 4.74 Å². The van der Waals surface area contributed by atoms with E-state index in [0.717, 1.165) is 53.3 Å². The zero-order chi connectivity index (χ0) is 24.1. The number of nitrogens with zero attached hydrogens (tertiary/aromatic N) is 1. The van der Waals surface area contributed by atoms with Gasteiger partial charge < -0.3 is 10.1 Å². The van der Waals surface area contributed by atoms with Crippen molar-refractivity contribution in [3.63, 3.8) is 0 Å². The van der Waals surface area contributed by atoms with Crippen LogP contribution in [0.4, 0.5) is 11.5 Å². The average Bonchev–Trinajstić information content (AvgIpc) is 3.54. The van der Waals surface area contributed by atoms with Gasteiger partial charge >= 0.3 is 29.6 Å². The van der Waals surface area contributed by atoms with Crippen molar-refractivity contribution in [3.8, 4) is 0 Å². The Hall–Kier alpha value is -1.90. The van der Waals surface area contributed by atoms with E-state index in [2.05, 4.69) is 58.0 Å². The van der Waals surface area contributed by atoms with Crippen molar-refractivity contribution in [2.75, 3.05) is 5.32 Å². The Morgan fingerprint density at radius 2 is 2.03 bits per heavy atom. The van der Waals surface area contributed by atoms with Crippen LogP contribution in [0.2, 0.25) is 0 Å². The molecule has 35 heavy (non-hydrogen) atoms. The smallest absolute Gasteiger partial charge is 0.499 e. The van der Waals surface area contributed by atoms with Crippen LogP contribution in [0.25, 0.3) is 0 Å². The molecule has 0 bridgehead atoms. The summed E-state index contributed by atoms with van der Waals surface area (Å²) in [5, 5.41) is 10.9. The summed E-state index contributed by atoms with van der Waals surface area (Å²) in [6.45, 7) is 9.86. The Morgan fingerprint density at radius 1 is 1.26 bits per heavy atom. The van der Waals surface area contributed by atoms with Crippen LogP contribution in [0.1, 0.15) is 62.8 Å². The van der Waals surface area contributed by atoms with Crippen LogP contribution in [-0.4, -0.2) is 20.5 Å². The van der Waals surface area contributed by atoms with Gasteiger partial charge in [0.2, 0.25) is 0 Å². The van der Waals surface area contributed by atoms with Crippen LogP contribution < -0.4 is 39.6 Å². The number of hydrogen-bond acceptors (Lipinski definition) is 4. The third kappa shape index (κ3) is 6.86. The number of aromatic nitrogens is 2. The van der Waals surface area contributed by atoms with Gasteiger partial charge in [0.05, 0.1) is 22.8 Å². The fraction of sp³-hybridized carbons (Fsp3) is 0.370. The average molecular weight is 501 g/mol. The van der Waals surface area contributed by atoms with Crippen LogP contribution in [0.5, 0.6) is 0 Å². The normalized spacial score (nSPS) is 21.7. The molecule has 0 radical (unpaired) electrons. The third-order valence-electron chi connectivity index (χ3n) is 6.38. The maximum absolute atomic E-state index is 12.1. The predicted octanol–water partition coefficient (Wildman–Crippen LogP) is 2.86. The SMILES string of the molecule is C=COC1CCC(c2cc(Nc3ccc4c(c3)C(C)(C)NS4=O)n[nH]2)C1.CCc1cc[c-]cc1.[Na+]. The predicted molar refractivity (Wildman–Crippen MR) is 137 cm³/mol. The number of fused-ring (bicyclic) bond motifs is 1. The quantitative estimate of drug-likeness (QED) is 0.276. The topological polar surface area (TPSA) is 79.0 Å². The molecule has 1 saturated carbocycles. The zero-order valence-corrected chi connectivity index (χ0v) is 23.9. The number of ether oxygens (including phenoxy) is 1. The van der Waals surface area contributed by atoms with Crippen molar-refractivity contribution in [2.24, 2.45) is 0 Å². The minimum Gasteiger partial charge on any atom is -0.499 e. The van der Waals surface area contributed by atoms with Crippen molar-refractivity contribution < 1.29 is 38.5 Å². The maximum Gasteiger partial charge on any atom is 1.00 e. The molecule has 3 atom stereocenters. The monoisotopic (exact) mass is 500 g/mol. The first kappa shape index (κ1) is 27.7. The molecule has 1 aliphatic heterocycles. The Balaban J connectivity index is 0.000000325. The summed E-state index contributed by atoms with van der Waals surface area (Å²) in [5.41, 5.74) is 4.20. The standard InChI is InChI=1S/C19H24N4O2S.C8H9.Na/c1-4-25-14-7-5-12(9-14)16-11-18(22-21-16)20-13-6-8-17-15(10-13)19(2,3)23-26(17)24;1-2-8-6-4-3-5-7-8;/h4,6,8,10-12,14,23H,1,5,7,9H2,2-3H3,(H2,20,21,22);4-7H,2H2,1H3;/q;-1;+1. The second-order valence-electron chi connectivity index (χ2n) is 9.24. The second kappa shape index (κ2) is 12.4. The molecule has 1 aliphatic carbocycles. The molecule has 0 saturated heterocycles. The summed E-state index contributed by atoms with van der Waals surface area (Å²) in [6.07, 6.45) is 6.02. The number of aryl methyl sites for hydroxylation is 1. The van der Waals surface area contributed by atoms with Gasteiger partial charge in [0.15, 0.2) is 5.82 Å². The molecule has 8 heteroatoms. The van der Waals surface area contributed by atoms with Gasteiger partial charge in [-0.05, 0) is 56.9 Å². The number of anilines is 2. The number of rotatable bonds is 6. The van der Waals surface area contributed by atoms with Crippen molar-refractivity contribution in [3.05, 3.63) is 84.3 Å². The number of hydrogen-bond donors (Lipinski definition) is 3. The molecule has 2 aromatic carbocycles. The summed E-state index contributed by atoms with van der Waals surface area (Å²) in [6, 6.07) is 19.0. The maximum atomic E-state index is 12.1. The van der Waals surface area contributed by atoms with Crippen molar-refractivity contribution in [2.45, 2.75) is 68.9 Å². The van der Waals surface area contributed by atoms with Gasteiger partial charge in [-0.1, -0.05) is 19.9 Å². The van der Waals surface area contributed by atoms with E-state index in [9.17, 15) is 4.21 Å². The molecular weight excluding hydrogens is 467 g/mol. The Kier molecular flexibility index (Phi) is 9.78. The first-order valence-electron chi connectivity index (χ1n) is 11.8. The largest absolute Gasteiger partial charge is 1.00 e. The van der Waals surface area contributed by atoms with Crippen LogP contribution in [-0.2, 0) is 27.7 Å². The number of aromatic amines is 1. The molecule has 180 valence electrons. The first-order valence-corrected chi connectivity index (χ1v) is 12.9. The van der Waals surface area contributed by atoms with Crippen LogP contribution >= 0.6 is 0 Å². The van der Waals surface area contributed by atoms with E-state index < -0.39 is 11.0 Å². The fourth-order valence-electron chi connectivity index (χ4n) is 4.50. The molecule has 2 aliphatic rings. The molecule has 6 nitrogen and oxygen atoms in total. The third-order valence-corrected chi connectivity index (χ3v) is 7.83. The molecule has 1 aromatic heterocycles. The number of benzene rings is 2.